The van der Waals surface area contributed by atoms with Gasteiger partial charge in [-0.25, -0.2) is 4.99 Å². The first kappa shape index (κ1) is 21.7. The van der Waals surface area contributed by atoms with E-state index in [4.69, 9.17) is 23.2 Å². The monoisotopic (exact) mass is 449 g/mol. The van der Waals surface area contributed by atoms with Gasteiger partial charge in [-0.05, 0) is 50.6 Å². The second kappa shape index (κ2) is 9.20. The van der Waals surface area contributed by atoms with Crippen LogP contribution in [0.1, 0.15) is 24.5 Å². The number of halogens is 2. The summed E-state index contributed by atoms with van der Waals surface area (Å²) < 4.78 is 0. The minimum Gasteiger partial charge on any atom is -0.325 e. The number of anilines is 1. The molecular weight excluding hydrogens is 429 g/mol. The first-order valence-corrected chi connectivity index (χ1v) is 10.8. The fraction of sp³-hybridized carbons (Fsp3) is 0.286. The van der Waals surface area contributed by atoms with E-state index in [1.807, 2.05) is 39.0 Å². The van der Waals surface area contributed by atoms with E-state index in [2.05, 4.69) is 10.3 Å². The fourth-order valence-corrected chi connectivity index (χ4v) is 4.71. The van der Waals surface area contributed by atoms with Gasteiger partial charge in [0, 0.05) is 28.7 Å². The third-order valence-corrected chi connectivity index (χ3v) is 6.08. The lowest BCUT2D eigenvalue weighted by Gasteiger charge is -2.31. The van der Waals surface area contributed by atoms with Gasteiger partial charge >= 0.3 is 0 Å². The average molecular weight is 450 g/mol. The van der Waals surface area contributed by atoms with Gasteiger partial charge in [0.15, 0.2) is 5.17 Å². The molecule has 0 radical (unpaired) electrons. The van der Waals surface area contributed by atoms with E-state index in [1.54, 1.807) is 23.1 Å². The van der Waals surface area contributed by atoms with Crippen LogP contribution in [0.5, 0.6) is 0 Å². The maximum Gasteiger partial charge on any atom is 0.238 e. The Morgan fingerprint density at radius 3 is 2.52 bits per heavy atom. The van der Waals surface area contributed by atoms with Gasteiger partial charge in [-0.1, -0.05) is 52.7 Å². The van der Waals surface area contributed by atoms with Gasteiger partial charge in [0.25, 0.3) is 0 Å². The summed E-state index contributed by atoms with van der Waals surface area (Å²) in [5.74, 6) is -0.359. The van der Waals surface area contributed by atoms with E-state index in [-0.39, 0.29) is 18.2 Å². The minimum absolute atomic E-state index is 0.116. The molecule has 5 nitrogen and oxygen atoms in total. The summed E-state index contributed by atoms with van der Waals surface area (Å²) >= 11 is 13.4. The van der Waals surface area contributed by atoms with Crippen molar-refractivity contribution < 1.29 is 9.59 Å². The van der Waals surface area contributed by atoms with Gasteiger partial charge in [0.05, 0.1) is 5.69 Å². The molecular formula is C21H21Cl2N3O2S. The number of carbonyl (C=O) groups excluding carboxylic acids is 2. The molecule has 8 heteroatoms. The molecule has 0 aliphatic carbocycles. The number of nitrogens with zero attached hydrogens (tertiary/aromatic N) is 2. The zero-order valence-corrected chi connectivity index (χ0v) is 18.7. The van der Waals surface area contributed by atoms with Crippen LogP contribution in [0, 0.1) is 13.8 Å². The Bertz CT molecular complexity index is 974. The number of benzene rings is 2. The lowest BCUT2D eigenvalue weighted by atomic mass is 10.1. The Balaban J connectivity index is 1.85. The van der Waals surface area contributed by atoms with E-state index >= 15 is 0 Å². The normalized spacial score (nSPS) is 18.2. The highest BCUT2D eigenvalue weighted by Crippen LogP contribution is 2.32. The van der Waals surface area contributed by atoms with Crippen molar-refractivity contribution >= 4 is 63.3 Å². The van der Waals surface area contributed by atoms with Crippen molar-refractivity contribution in [3.8, 4) is 0 Å². The highest BCUT2D eigenvalue weighted by Gasteiger charge is 2.35. The van der Waals surface area contributed by atoms with Crippen LogP contribution in [-0.4, -0.2) is 33.7 Å². The van der Waals surface area contributed by atoms with Crippen LogP contribution in [0.25, 0.3) is 0 Å². The molecule has 1 N–H and O–H groups in total. The standard InChI is InChI=1S/C21H21Cl2N3O2S/c1-4-26-19(27)11-18(20(28)25-17-6-5-12(2)7-13(17)3)29-21(26)24-16-9-14(22)8-15(23)10-16/h5-10,18H,4,11H2,1-3H3,(H,25,28). The van der Waals surface area contributed by atoms with Crippen LogP contribution in [0.15, 0.2) is 41.4 Å². The number of amidine groups is 1. The summed E-state index contributed by atoms with van der Waals surface area (Å²) in [6.45, 7) is 6.27. The van der Waals surface area contributed by atoms with Crippen molar-refractivity contribution in [2.24, 2.45) is 4.99 Å². The Kier molecular flexibility index (Phi) is 6.88. The summed E-state index contributed by atoms with van der Waals surface area (Å²) in [7, 11) is 0. The second-order valence-corrected chi connectivity index (χ2v) is 8.82. The molecule has 1 heterocycles. The lowest BCUT2D eigenvalue weighted by Crippen LogP contribution is -2.45. The number of aliphatic imine (C=N–C) groups is 1. The van der Waals surface area contributed by atoms with Gasteiger partial charge in [-0.2, -0.15) is 0 Å². The molecule has 1 saturated heterocycles. The zero-order valence-electron chi connectivity index (χ0n) is 16.3. The molecule has 1 unspecified atom stereocenters. The average Bonchev–Trinajstić information content (AvgIpc) is 2.63. The predicted octanol–water partition coefficient (Wildman–Crippen LogP) is 5.59. The quantitative estimate of drug-likeness (QED) is 0.661. The highest BCUT2D eigenvalue weighted by atomic mass is 35.5. The summed E-state index contributed by atoms with van der Waals surface area (Å²) in [6.07, 6.45) is 0.116. The minimum atomic E-state index is -0.570. The van der Waals surface area contributed by atoms with Crippen molar-refractivity contribution in [2.75, 3.05) is 11.9 Å². The molecule has 2 aromatic rings. The maximum atomic E-state index is 12.9. The number of carbonyl (C=O) groups is 2. The number of aryl methyl sites for hydroxylation is 2. The predicted molar refractivity (Wildman–Crippen MR) is 121 cm³/mol. The Hall–Kier alpha value is -2.02. The molecule has 2 aromatic carbocycles. The van der Waals surface area contributed by atoms with Crippen molar-refractivity contribution in [3.05, 3.63) is 57.6 Å². The van der Waals surface area contributed by atoms with Crippen LogP contribution in [0.4, 0.5) is 11.4 Å². The molecule has 1 aliphatic rings. The van der Waals surface area contributed by atoms with Crippen LogP contribution in [0.2, 0.25) is 10.0 Å². The Labute approximate surface area is 184 Å². The second-order valence-electron chi connectivity index (χ2n) is 6.78. The highest BCUT2D eigenvalue weighted by molar-refractivity contribution is 8.15. The van der Waals surface area contributed by atoms with E-state index in [9.17, 15) is 9.59 Å². The van der Waals surface area contributed by atoms with Gasteiger partial charge in [0.1, 0.15) is 5.25 Å². The molecule has 0 aromatic heterocycles. The van der Waals surface area contributed by atoms with Crippen molar-refractivity contribution in [3.63, 3.8) is 0 Å². The van der Waals surface area contributed by atoms with E-state index in [1.165, 1.54) is 11.8 Å². The molecule has 1 aliphatic heterocycles. The number of rotatable bonds is 4. The van der Waals surface area contributed by atoms with Gasteiger partial charge in [-0.3, -0.25) is 14.5 Å². The Morgan fingerprint density at radius 2 is 1.90 bits per heavy atom. The SMILES string of the molecule is CCN1C(=O)CC(C(=O)Nc2ccc(C)cc2C)SC1=Nc1cc(Cl)cc(Cl)c1. The summed E-state index contributed by atoms with van der Waals surface area (Å²) in [5, 5.41) is 3.74. The molecule has 0 bridgehead atoms. The Morgan fingerprint density at radius 1 is 1.21 bits per heavy atom. The molecule has 1 fully saturated rings. The van der Waals surface area contributed by atoms with E-state index in [0.29, 0.717) is 27.4 Å². The number of thioether (sulfide) groups is 1. The lowest BCUT2D eigenvalue weighted by molar-refractivity contribution is -0.129. The van der Waals surface area contributed by atoms with Crippen molar-refractivity contribution in [1.29, 1.82) is 0 Å². The van der Waals surface area contributed by atoms with Gasteiger partial charge < -0.3 is 5.32 Å². The van der Waals surface area contributed by atoms with Crippen molar-refractivity contribution in [2.45, 2.75) is 32.4 Å². The van der Waals surface area contributed by atoms with Gasteiger partial charge in [-0.15, -0.1) is 0 Å². The largest absolute Gasteiger partial charge is 0.325 e. The third kappa shape index (κ3) is 5.32. The summed E-state index contributed by atoms with van der Waals surface area (Å²) in [5.41, 5.74) is 3.37. The number of hydrogen-bond donors (Lipinski definition) is 1. The molecule has 152 valence electrons. The number of amides is 2. The maximum absolute atomic E-state index is 12.9. The topological polar surface area (TPSA) is 61.8 Å². The van der Waals surface area contributed by atoms with Crippen LogP contribution < -0.4 is 5.32 Å². The summed E-state index contributed by atoms with van der Waals surface area (Å²) in [4.78, 5) is 31.6. The number of hydrogen-bond acceptors (Lipinski definition) is 4. The molecule has 29 heavy (non-hydrogen) atoms. The van der Waals surface area contributed by atoms with E-state index < -0.39 is 5.25 Å². The third-order valence-electron chi connectivity index (χ3n) is 4.46. The first-order valence-electron chi connectivity index (χ1n) is 9.16. The molecule has 3 rings (SSSR count). The van der Waals surface area contributed by atoms with Crippen LogP contribution in [-0.2, 0) is 9.59 Å². The fourth-order valence-electron chi connectivity index (χ4n) is 3.03. The van der Waals surface area contributed by atoms with Gasteiger partial charge in [0.2, 0.25) is 11.8 Å². The smallest absolute Gasteiger partial charge is 0.238 e. The van der Waals surface area contributed by atoms with Crippen LogP contribution >= 0.6 is 35.0 Å². The van der Waals surface area contributed by atoms with E-state index in [0.717, 1.165) is 16.8 Å². The molecule has 0 spiro atoms. The summed E-state index contributed by atoms with van der Waals surface area (Å²) in [6, 6.07) is 10.8. The number of nitrogens with one attached hydrogen (secondary N) is 1. The first-order chi connectivity index (χ1) is 13.8. The molecule has 1 atom stereocenters. The van der Waals surface area contributed by atoms with Crippen LogP contribution in [0.3, 0.4) is 0 Å². The van der Waals surface area contributed by atoms with Crippen molar-refractivity contribution in [1.82, 2.24) is 4.90 Å². The molecule has 2 amide bonds. The zero-order chi connectivity index (χ0) is 21.1. The molecule has 0 saturated carbocycles.